The summed E-state index contributed by atoms with van der Waals surface area (Å²) >= 11 is 0. The van der Waals surface area contributed by atoms with Crippen molar-refractivity contribution in [3.05, 3.63) is 92.3 Å². The average Bonchev–Trinajstić information content (AvgIpc) is 3.75. The maximum absolute atomic E-state index is 12.7. The first-order valence-electron chi connectivity index (χ1n) is 22.9. The number of nitrogens with zero attached hydrogens (tertiary/aromatic N) is 5. The maximum atomic E-state index is 12.7. The van der Waals surface area contributed by atoms with Crippen molar-refractivity contribution in [2.75, 3.05) is 23.7 Å². The molecule has 1 fully saturated rings. The number of aryl methyl sites for hydroxylation is 2. The lowest BCUT2D eigenvalue weighted by molar-refractivity contribution is -0.197. The zero-order valence-electron chi connectivity index (χ0n) is 37.6. The Labute approximate surface area is 373 Å². The second-order valence-electron chi connectivity index (χ2n) is 19.4. The molecule has 64 heavy (non-hydrogen) atoms. The molecule has 13 nitrogen and oxygen atoms in total. The summed E-state index contributed by atoms with van der Waals surface area (Å²) in [7, 11) is -4.38. The number of amides is 2. The number of benzene rings is 3. The average molecular weight is 887 g/mol. The van der Waals surface area contributed by atoms with Crippen molar-refractivity contribution in [2.45, 2.75) is 130 Å². The van der Waals surface area contributed by atoms with E-state index in [1.165, 1.54) is 22.1 Å². The van der Waals surface area contributed by atoms with E-state index >= 15 is 0 Å². The number of carbonyl (C=O) groups is 3. The van der Waals surface area contributed by atoms with E-state index in [1.54, 1.807) is 0 Å². The normalized spacial score (nSPS) is 19.2. The lowest BCUT2D eigenvalue weighted by atomic mass is 9.79. The highest BCUT2D eigenvalue weighted by atomic mass is 32.2. The zero-order chi connectivity index (χ0) is 45.0. The highest BCUT2D eigenvalue weighted by Crippen LogP contribution is 2.52. The van der Waals surface area contributed by atoms with Crippen LogP contribution in [0.25, 0.3) is 27.8 Å². The number of hydroxylamine groups is 2. The van der Waals surface area contributed by atoms with Gasteiger partial charge < -0.3 is 19.0 Å². The number of rotatable bonds is 11. The summed E-state index contributed by atoms with van der Waals surface area (Å²) in [6.07, 6.45) is 10.8. The molecule has 0 aliphatic carbocycles. The molecule has 0 bridgehead atoms. The lowest BCUT2D eigenvalue weighted by Crippen LogP contribution is -2.53. The molecule has 14 heteroatoms. The number of hydrogen-bond donors (Lipinski definition) is 1. The van der Waals surface area contributed by atoms with Gasteiger partial charge in [0, 0.05) is 80.1 Å². The van der Waals surface area contributed by atoms with E-state index in [0.29, 0.717) is 36.4 Å². The predicted molar refractivity (Wildman–Crippen MR) is 245 cm³/mol. The Morgan fingerprint density at radius 3 is 2.42 bits per heavy atom. The number of anilines is 1. The van der Waals surface area contributed by atoms with Crippen LogP contribution in [0, 0.1) is 6.92 Å². The molecule has 0 atom stereocenters. The van der Waals surface area contributed by atoms with Crippen LogP contribution >= 0.6 is 0 Å². The molecule has 1 N–H and O–H groups in total. The molecule has 0 saturated carbocycles. The monoisotopic (exact) mass is 886 g/mol. The van der Waals surface area contributed by atoms with Crippen LogP contribution in [0.2, 0.25) is 0 Å². The standard InChI is InChI=1S/C50H55N5O8S/c1-7-30-26-49(3,4)53-21-11-13-32-44(53)34(30)24-36-43(37-25-35-31(28-64(59,60)61)27-50(5,6)54-22-12-14-33(45(35)54)47(37)62-46(32)36)48-51-38-23-29(2)16-17-39(38)52(48)20-10-8-9-15-42(58)63-55-40(56)18-19-41(55)57/h16-17,23-27H,7-15,18-22,28H2,1-6H3/p+1. The molecule has 6 aliphatic rings. The smallest absolute Gasteiger partial charge is 0.333 e. The Bertz CT molecular complexity index is 3050. The van der Waals surface area contributed by atoms with Crippen molar-refractivity contribution in [3.63, 3.8) is 0 Å². The zero-order valence-corrected chi connectivity index (χ0v) is 38.4. The highest BCUT2D eigenvalue weighted by Gasteiger charge is 2.43. The van der Waals surface area contributed by atoms with Gasteiger partial charge in [-0.3, -0.25) is 14.1 Å². The summed E-state index contributed by atoms with van der Waals surface area (Å²) in [5.74, 6) is 0.285. The molecule has 1 aromatic heterocycles. The number of carbonyl (C=O) groups excluding carboxylic acids is 3. The van der Waals surface area contributed by atoms with Gasteiger partial charge in [-0.05, 0) is 106 Å². The number of imide groups is 1. The third-order valence-corrected chi connectivity index (χ3v) is 14.7. The lowest BCUT2D eigenvalue weighted by Gasteiger charge is -2.47. The SMILES string of the molecule is CCC1=CC(C)(C)[N+]2=c3c1cc1c(c3CCC2)Oc2c(cc3c4c2CCCN4C(C)(C)C=C3CS(=O)(=O)O)C=1c1nc2cc(C)ccc2n1CCCCCC(=O)ON1C(=O)CCC1=O. The minimum absolute atomic E-state index is 0.0482. The Kier molecular flexibility index (Phi) is 10.1. The molecule has 3 aromatic carbocycles. The molecule has 0 spiro atoms. The minimum atomic E-state index is -4.38. The Morgan fingerprint density at radius 1 is 0.906 bits per heavy atom. The summed E-state index contributed by atoms with van der Waals surface area (Å²) in [5, 5.41) is 2.79. The number of unbranched alkanes of at least 4 members (excludes halogenated alkanes) is 2. The molecule has 334 valence electrons. The van der Waals surface area contributed by atoms with Crippen molar-refractivity contribution in [1.29, 1.82) is 0 Å². The van der Waals surface area contributed by atoms with Crippen LogP contribution in [0.1, 0.15) is 132 Å². The predicted octanol–water partition coefficient (Wildman–Crippen LogP) is 6.70. The molecule has 7 heterocycles. The van der Waals surface area contributed by atoms with Crippen molar-refractivity contribution in [3.8, 4) is 11.5 Å². The quantitative estimate of drug-likeness (QED) is 0.0657. The first kappa shape index (κ1) is 42.4. The van der Waals surface area contributed by atoms with Gasteiger partial charge in [0.15, 0.2) is 5.54 Å². The van der Waals surface area contributed by atoms with Crippen molar-refractivity contribution in [1.82, 2.24) is 19.2 Å². The summed E-state index contributed by atoms with van der Waals surface area (Å²) in [6.45, 7) is 15.4. The number of imidazole rings is 1. The van der Waals surface area contributed by atoms with E-state index in [-0.39, 0.29) is 24.8 Å². The Balaban J connectivity index is 1.18. The largest absolute Gasteiger partial charge is 0.455 e. The van der Waals surface area contributed by atoms with Gasteiger partial charge in [-0.25, -0.2) is 14.4 Å². The second kappa shape index (κ2) is 15.3. The first-order valence-corrected chi connectivity index (χ1v) is 24.5. The molecule has 4 aromatic rings. The number of fused-ring (bicyclic) bond motifs is 5. The second-order valence-corrected chi connectivity index (χ2v) is 20.9. The molecule has 0 radical (unpaired) electrons. The molecule has 10 rings (SSSR count). The number of allylic oxidation sites excluding steroid dienone is 1. The van der Waals surface area contributed by atoms with Crippen LogP contribution in [0.3, 0.4) is 0 Å². The van der Waals surface area contributed by atoms with Crippen LogP contribution in [0.5, 0.6) is 11.5 Å². The topological polar surface area (TPSA) is 151 Å². The van der Waals surface area contributed by atoms with Crippen LogP contribution in [0.4, 0.5) is 5.69 Å². The van der Waals surface area contributed by atoms with Gasteiger partial charge in [0.05, 0.1) is 33.4 Å². The third kappa shape index (κ3) is 6.99. The van der Waals surface area contributed by atoms with Gasteiger partial charge in [-0.1, -0.05) is 25.5 Å². The first-order chi connectivity index (χ1) is 30.4. The summed E-state index contributed by atoms with van der Waals surface area (Å²) in [4.78, 5) is 49.8. The molecule has 1 saturated heterocycles. The molecular formula is C50H56N5O8S+. The van der Waals surface area contributed by atoms with Crippen LogP contribution < -0.4 is 24.8 Å². The van der Waals surface area contributed by atoms with Gasteiger partial charge in [0.1, 0.15) is 29.6 Å². The van der Waals surface area contributed by atoms with E-state index in [0.717, 1.165) is 112 Å². The van der Waals surface area contributed by atoms with Gasteiger partial charge >= 0.3 is 5.97 Å². The van der Waals surface area contributed by atoms with Crippen molar-refractivity contribution in [2.24, 2.45) is 0 Å². The fourth-order valence-corrected chi connectivity index (χ4v) is 11.9. The van der Waals surface area contributed by atoms with Crippen molar-refractivity contribution < 1.29 is 36.9 Å². The van der Waals surface area contributed by atoms with Gasteiger partial charge in [-0.15, -0.1) is 5.06 Å². The minimum Gasteiger partial charge on any atom is -0.455 e. The fraction of sp³-hybridized carbons (Fsp3) is 0.460. The van der Waals surface area contributed by atoms with E-state index in [1.807, 2.05) is 6.08 Å². The van der Waals surface area contributed by atoms with Crippen LogP contribution in [-0.2, 0) is 48.7 Å². The van der Waals surface area contributed by atoms with E-state index < -0.39 is 39.2 Å². The number of aromatic nitrogens is 2. The summed E-state index contributed by atoms with van der Waals surface area (Å²) < 4.78 is 48.0. The Hall–Kier alpha value is -5.60. The third-order valence-electron chi connectivity index (χ3n) is 14.0. The summed E-state index contributed by atoms with van der Waals surface area (Å²) in [6, 6.07) is 10.7. The van der Waals surface area contributed by atoms with E-state index in [4.69, 9.17) is 14.6 Å². The van der Waals surface area contributed by atoms with Gasteiger partial charge in [0.25, 0.3) is 21.9 Å². The van der Waals surface area contributed by atoms with Gasteiger partial charge in [-0.2, -0.15) is 8.42 Å². The molecular weight excluding hydrogens is 831 g/mol. The Morgan fingerprint density at radius 2 is 1.67 bits per heavy atom. The maximum Gasteiger partial charge on any atom is 0.333 e. The fourth-order valence-electron chi connectivity index (χ4n) is 11.2. The van der Waals surface area contributed by atoms with Crippen LogP contribution in [-0.4, -0.2) is 75.3 Å². The van der Waals surface area contributed by atoms with Gasteiger partial charge in [0.2, 0.25) is 5.36 Å². The van der Waals surface area contributed by atoms with Crippen LogP contribution in [0.15, 0.2) is 42.5 Å². The van der Waals surface area contributed by atoms with E-state index in [2.05, 4.69) is 92.0 Å². The summed E-state index contributed by atoms with van der Waals surface area (Å²) in [5.41, 5.74) is 11.0. The van der Waals surface area contributed by atoms with Crippen molar-refractivity contribution >= 4 is 61.3 Å². The number of ether oxygens (including phenoxy) is 1. The molecule has 6 aliphatic heterocycles. The number of hydrogen-bond acceptors (Lipinski definition) is 9. The highest BCUT2D eigenvalue weighted by molar-refractivity contribution is 7.86. The molecule has 0 unspecified atom stereocenters. The van der Waals surface area contributed by atoms with E-state index in [9.17, 15) is 27.4 Å². The molecule has 2 amide bonds.